The van der Waals surface area contributed by atoms with Crippen LogP contribution in [0.5, 0.6) is 0 Å². The van der Waals surface area contributed by atoms with E-state index in [1.165, 1.54) is 23.9 Å². The lowest BCUT2D eigenvalue weighted by Gasteiger charge is -2.06. The molecule has 0 aromatic heterocycles. The van der Waals surface area contributed by atoms with Crippen LogP contribution in [-0.2, 0) is 6.18 Å². The van der Waals surface area contributed by atoms with Gasteiger partial charge in [-0.1, -0.05) is 25.6 Å². The molecule has 1 aromatic rings. The first-order valence-corrected chi connectivity index (χ1v) is 5.85. The van der Waals surface area contributed by atoms with E-state index in [9.17, 15) is 13.2 Å². The zero-order valence-electron chi connectivity index (χ0n) is 9.86. The minimum atomic E-state index is -4.32. The van der Waals surface area contributed by atoms with Gasteiger partial charge in [0.15, 0.2) is 5.17 Å². The van der Waals surface area contributed by atoms with Crippen LogP contribution >= 0.6 is 24.2 Å². The summed E-state index contributed by atoms with van der Waals surface area (Å²) in [6, 6.07) is 4.59. The molecule has 2 N–H and O–H groups in total. The fourth-order valence-corrected chi connectivity index (χ4v) is 1.76. The molecule has 1 aromatic carbocycles. The monoisotopic (exact) mass is 298 g/mol. The largest absolute Gasteiger partial charge is 0.416 e. The number of thioether (sulfide) groups is 1. The van der Waals surface area contributed by atoms with Gasteiger partial charge in [-0.3, -0.25) is 0 Å². The first kappa shape index (κ1) is 17.1. The summed E-state index contributed by atoms with van der Waals surface area (Å²) in [5.41, 5.74) is 5.35. The van der Waals surface area contributed by atoms with Crippen LogP contribution in [0, 0.1) is 0 Å². The molecule has 102 valence electrons. The van der Waals surface area contributed by atoms with Crippen LogP contribution in [-0.4, -0.2) is 10.4 Å². The number of benzene rings is 1. The Labute approximate surface area is 114 Å². The SMILES string of the molecule is CC(C)SC(N)=Nc1ccc(C(F)(F)F)cc1.Cl. The van der Waals surface area contributed by atoms with Crippen LogP contribution in [0.15, 0.2) is 29.3 Å². The Balaban J connectivity index is 0.00000289. The predicted molar refractivity (Wildman–Crippen MR) is 72.7 cm³/mol. The van der Waals surface area contributed by atoms with Crippen molar-refractivity contribution in [3.8, 4) is 0 Å². The molecule has 0 heterocycles. The second-order valence-electron chi connectivity index (χ2n) is 3.66. The molecule has 0 unspecified atom stereocenters. The quantitative estimate of drug-likeness (QED) is 0.656. The zero-order valence-corrected chi connectivity index (χ0v) is 11.5. The topological polar surface area (TPSA) is 38.4 Å². The molecule has 0 saturated carbocycles. The maximum Gasteiger partial charge on any atom is 0.416 e. The Morgan fingerprint density at radius 1 is 1.22 bits per heavy atom. The van der Waals surface area contributed by atoms with Crippen molar-refractivity contribution in [3.63, 3.8) is 0 Å². The molecule has 0 amide bonds. The molecular formula is C11H14ClF3N2S. The molecule has 0 atom stereocenters. The number of rotatable bonds is 2. The minimum absolute atomic E-state index is 0. The number of aliphatic imine (C=N–C) groups is 1. The molecule has 0 radical (unpaired) electrons. The van der Waals surface area contributed by atoms with E-state index in [1.807, 2.05) is 13.8 Å². The van der Waals surface area contributed by atoms with Crippen molar-refractivity contribution >= 4 is 35.0 Å². The van der Waals surface area contributed by atoms with E-state index in [0.717, 1.165) is 12.1 Å². The highest BCUT2D eigenvalue weighted by molar-refractivity contribution is 8.14. The van der Waals surface area contributed by atoms with Gasteiger partial charge in [0, 0.05) is 5.25 Å². The zero-order chi connectivity index (χ0) is 13.1. The standard InChI is InChI=1S/C11H13F3N2S.ClH/c1-7(2)17-10(15)16-9-5-3-8(4-6-9)11(12,13)14;/h3-7H,1-2H3,(H2,15,16);1H. The van der Waals surface area contributed by atoms with Crippen LogP contribution in [0.1, 0.15) is 19.4 Å². The fraction of sp³-hybridized carbons (Fsp3) is 0.364. The van der Waals surface area contributed by atoms with Crippen molar-refractivity contribution < 1.29 is 13.2 Å². The van der Waals surface area contributed by atoms with Crippen molar-refractivity contribution in [2.45, 2.75) is 25.3 Å². The van der Waals surface area contributed by atoms with E-state index in [4.69, 9.17) is 5.73 Å². The Kier molecular flexibility index (Phi) is 6.56. The molecule has 0 bridgehead atoms. The van der Waals surface area contributed by atoms with Gasteiger partial charge in [0.1, 0.15) is 0 Å². The van der Waals surface area contributed by atoms with E-state index >= 15 is 0 Å². The maximum absolute atomic E-state index is 12.3. The van der Waals surface area contributed by atoms with Crippen LogP contribution in [0.25, 0.3) is 0 Å². The molecule has 7 heteroatoms. The number of hydrogen-bond acceptors (Lipinski definition) is 2. The van der Waals surface area contributed by atoms with Crippen molar-refractivity contribution in [2.75, 3.05) is 0 Å². The molecule has 0 saturated heterocycles. The van der Waals surface area contributed by atoms with Crippen LogP contribution in [0.2, 0.25) is 0 Å². The second kappa shape index (κ2) is 6.89. The summed E-state index contributed by atoms with van der Waals surface area (Å²) in [5.74, 6) is 0. The Morgan fingerprint density at radius 2 is 1.72 bits per heavy atom. The summed E-state index contributed by atoms with van der Waals surface area (Å²) in [5, 5.41) is 0.632. The highest BCUT2D eigenvalue weighted by atomic mass is 35.5. The summed E-state index contributed by atoms with van der Waals surface area (Å²) in [6.07, 6.45) is -4.32. The molecular weight excluding hydrogens is 285 g/mol. The number of halogens is 4. The normalized spacial score (nSPS) is 12.4. The number of hydrogen-bond donors (Lipinski definition) is 1. The van der Waals surface area contributed by atoms with E-state index < -0.39 is 11.7 Å². The van der Waals surface area contributed by atoms with Crippen LogP contribution in [0.3, 0.4) is 0 Å². The van der Waals surface area contributed by atoms with Gasteiger partial charge in [0.2, 0.25) is 0 Å². The molecule has 18 heavy (non-hydrogen) atoms. The third kappa shape index (κ3) is 5.64. The third-order valence-corrected chi connectivity index (χ3v) is 2.59. The van der Waals surface area contributed by atoms with Crippen LogP contribution in [0.4, 0.5) is 18.9 Å². The van der Waals surface area contributed by atoms with E-state index in [0.29, 0.717) is 10.9 Å². The highest BCUT2D eigenvalue weighted by Gasteiger charge is 2.29. The maximum atomic E-state index is 12.3. The van der Waals surface area contributed by atoms with Crippen molar-refractivity contribution in [2.24, 2.45) is 10.7 Å². The van der Waals surface area contributed by atoms with Crippen LogP contribution < -0.4 is 5.73 Å². The van der Waals surface area contributed by atoms with Gasteiger partial charge >= 0.3 is 6.18 Å². The summed E-state index contributed by atoms with van der Waals surface area (Å²) < 4.78 is 36.9. The van der Waals surface area contributed by atoms with Crippen molar-refractivity contribution in [1.29, 1.82) is 0 Å². The molecule has 0 aliphatic rings. The van der Waals surface area contributed by atoms with Crippen molar-refractivity contribution in [1.82, 2.24) is 0 Å². The number of nitrogens with zero attached hydrogens (tertiary/aromatic N) is 1. The van der Waals surface area contributed by atoms with Gasteiger partial charge < -0.3 is 5.73 Å². The smallest absolute Gasteiger partial charge is 0.378 e. The summed E-state index contributed by atoms with van der Waals surface area (Å²) in [6.45, 7) is 3.92. The summed E-state index contributed by atoms with van der Waals surface area (Å²) in [4.78, 5) is 4.01. The number of amidine groups is 1. The lowest BCUT2D eigenvalue weighted by Crippen LogP contribution is -2.09. The Bertz CT molecular complexity index is 402. The van der Waals surface area contributed by atoms with E-state index in [2.05, 4.69) is 4.99 Å². The minimum Gasteiger partial charge on any atom is -0.378 e. The van der Waals surface area contributed by atoms with Gasteiger partial charge in [0.05, 0.1) is 11.3 Å². The Hall–Kier alpha value is -0.880. The van der Waals surface area contributed by atoms with Gasteiger partial charge in [0.25, 0.3) is 0 Å². The molecule has 1 rings (SSSR count). The van der Waals surface area contributed by atoms with E-state index in [-0.39, 0.29) is 17.7 Å². The van der Waals surface area contributed by atoms with Gasteiger partial charge in [-0.05, 0) is 24.3 Å². The number of nitrogens with two attached hydrogens (primary N) is 1. The first-order chi connectivity index (χ1) is 7.79. The molecule has 0 fully saturated rings. The van der Waals surface area contributed by atoms with Gasteiger partial charge in [-0.25, -0.2) is 4.99 Å². The third-order valence-electron chi connectivity index (χ3n) is 1.79. The fourth-order valence-electron chi connectivity index (χ4n) is 1.12. The lowest BCUT2D eigenvalue weighted by atomic mass is 10.2. The lowest BCUT2D eigenvalue weighted by molar-refractivity contribution is -0.137. The van der Waals surface area contributed by atoms with Gasteiger partial charge in [-0.15, -0.1) is 12.4 Å². The average Bonchev–Trinajstić information content (AvgIpc) is 2.15. The summed E-state index contributed by atoms with van der Waals surface area (Å²) in [7, 11) is 0. The van der Waals surface area contributed by atoms with Crippen molar-refractivity contribution in [3.05, 3.63) is 29.8 Å². The summed E-state index contributed by atoms with van der Waals surface area (Å²) >= 11 is 1.36. The van der Waals surface area contributed by atoms with Gasteiger partial charge in [-0.2, -0.15) is 13.2 Å². The predicted octanol–water partition coefficient (Wildman–Crippen LogP) is 4.22. The number of alkyl halides is 3. The molecule has 0 aliphatic heterocycles. The van der Waals surface area contributed by atoms with E-state index in [1.54, 1.807) is 0 Å². The second-order valence-corrected chi connectivity index (χ2v) is 5.26. The average molecular weight is 299 g/mol. The first-order valence-electron chi connectivity index (χ1n) is 4.97. The molecule has 2 nitrogen and oxygen atoms in total. The molecule has 0 spiro atoms. The molecule has 0 aliphatic carbocycles. The highest BCUT2D eigenvalue weighted by Crippen LogP contribution is 2.30. The Morgan fingerprint density at radius 3 is 2.11 bits per heavy atom.